The predicted octanol–water partition coefficient (Wildman–Crippen LogP) is 6.04. The number of benzene rings is 2. The van der Waals surface area contributed by atoms with Crippen LogP contribution in [-0.4, -0.2) is 27.3 Å². The maximum Gasteiger partial charge on any atom is 0.255 e. The van der Waals surface area contributed by atoms with E-state index in [2.05, 4.69) is 48.3 Å². The van der Waals surface area contributed by atoms with Crippen LogP contribution in [0.3, 0.4) is 0 Å². The van der Waals surface area contributed by atoms with E-state index in [1.165, 1.54) is 0 Å². The van der Waals surface area contributed by atoms with Gasteiger partial charge in [-0.1, -0.05) is 19.4 Å². The van der Waals surface area contributed by atoms with Gasteiger partial charge in [-0.05, 0) is 62.2 Å². The Kier molecular flexibility index (Phi) is 6.07. The minimum absolute atomic E-state index is 0.154. The average molecular weight is 417 g/mol. The number of anilines is 1. The van der Waals surface area contributed by atoms with Crippen molar-refractivity contribution in [2.75, 3.05) is 11.9 Å². The number of aromatic nitrogens is 3. The average Bonchev–Trinajstić information content (AvgIpc) is 3.42. The molecule has 0 saturated carbocycles. The molecule has 0 saturated heterocycles. The van der Waals surface area contributed by atoms with E-state index in [0.29, 0.717) is 18.2 Å². The largest absolute Gasteiger partial charge is 0.494 e. The van der Waals surface area contributed by atoms with E-state index >= 15 is 0 Å². The summed E-state index contributed by atoms with van der Waals surface area (Å²) in [6.45, 7) is 7.02. The van der Waals surface area contributed by atoms with Gasteiger partial charge in [0.15, 0.2) is 0 Å². The Morgan fingerprint density at radius 2 is 1.97 bits per heavy atom. The van der Waals surface area contributed by atoms with Gasteiger partial charge in [0.2, 0.25) is 0 Å². The summed E-state index contributed by atoms with van der Waals surface area (Å²) in [5.41, 5.74) is 4.42. The summed E-state index contributed by atoms with van der Waals surface area (Å²) in [6.07, 6.45) is 7.85. The van der Waals surface area contributed by atoms with Crippen molar-refractivity contribution < 1.29 is 9.53 Å². The molecule has 0 aliphatic heterocycles. The van der Waals surface area contributed by atoms with E-state index < -0.39 is 0 Å². The maximum atomic E-state index is 12.8. The summed E-state index contributed by atoms with van der Waals surface area (Å²) >= 11 is 0. The second-order valence-electron chi connectivity index (χ2n) is 7.95. The predicted molar refractivity (Wildman–Crippen MR) is 125 cm³/mol. The molecule has 2 heterocycles. The van der Waals surface area contributed by atoms with Crippen LogP contribution in [-0.2, 0) is 0 Å². The highest BCUT2D eigenvalue weighted by Crippen LogP contribution is 2.29. The Bertz CT molecular complexity index is 1170. The van der Waals surface area contributed by atoms with Crippen LogP contribution < -0.4 is 10.1 Å². The lowest BCUT2D eigenvalue weighted by molar-refractivity contribution is 0.102. The first-order valence-electron chi connectivity index (χ1n) is 10.7. The smallest absolute Gasteiger partial charge is 0.255 e. The van der Waals surface area contributed by atoms with Gasteiger partial charge in [-0.25, -0.2) is 0 Å². The van der Waals surface area contributed by atoms with Crippen LogP contribution in [0.5, 0.6) is 5.75 Å². The lowest BCUT2D eigenvalue weighted by atomic mass is 10.1. The topological polar surface area (TPSA) is 71.9 Å². The third-order valence-electron chi connectivity index (χ3n) is 5.28. The standard InChI is InChI=1S/C25H28N4O2/c1-4-5-12-31-21-9-6-18(7-10-21)25(30)28-24-15-26-23-11-8-19(13-22(23)24)20-14-27-29(16-20)17(2)3/h6-11,13-17,26H,4-5,12H2,1-3H3,(H,28,30). The van der Waals surface area contributed by atoms with E-state index in [4.69, 9.17) is 4.74 Å². The Labute approximate surface area is 182 Å². The molecule has 0 aliphatic rings. The molecule has 6 nitrogen and oxygen atoms in total. The van der Waals surface area contributed by atoms with Crippen molar-refractivity contribution in [2.24, 2.45) is 0 Å². The first-order valence-corrected chi connectivity index (χ1v) is 10.7. The molecular weight excluding hydrogens is 388 g/mol. The lowest BCUT2D eigenvalue weighted by Crippen LogP contribution is -2.11. The van der Waals surface area contributed by atoms with Crippen molar-refractivity contribution in [1.29, 1.82) is 0 Å². The molecule has 0 atom stereocenters. The van der Waals surface area contributed by atoms with E-state index in [9.17, 15) is 4.79 Å². The van der Waals surface area contributed by atoms with E-state index in [0.717, 1.165) is 46.3 Å². The molecule has 2 aromatic heterocycles. The first kappa shape index (κ1) is 20.7. The fourth-order valence-electron chi connectivity index (χ4n) is 3.40. The number of nitrogens with one attached hydrogen (secondary N) is 2. The van der Waals surface area contributed by atoms with Crippen LogP contribution in [0.1, 0.15) is 50.0 Å². The number of unbranched alkanes of at least 4 members (excludes halogenated alkanes) is 1. The molecule has 0 unspecified atom stereocenters. The quantitative estimate of drug-likeness (QED) is 0.344. The normalized spacial score (nSPS) is 11.2. The van der Waals surface area contributed by atoms with Crippen LogP contribution in [0.4, 0.5) is 5.69 Å². The van der Waals surface area contributed by atoms with Crippen LogP contribution in [0.25, 0.3) is 22.0 Å². The van der Waals surface area contributed by atoms with Gasteiger partial charge >= 0.3 is 0 Å². The van der Waals surface area contributed by atoms with Gasteiger partial charge in [0.05, 0.1) is 18.5 Å². The molecule has 2 N–H and O–H groups in total. The van der Waals surface area contributed by atoms with Gasteiger partial charge in [0.1, 0.15) is 5.75 Å². The molecular formula is C25H28N4O2. The van der Waals surface area contributed by atoms with Crippen molar-refractivity contribution in [3.05, 3.63) is 66.6 Å². The zero-order valence-corrected chi connectivity index (χ0v) is 18.2. The van der Waals surface area contributed by atoms with Crippen LogP contribution in [0, 0.1) is 0 Å². The van der Waals surface area contributed by atoms with Gasteiger partial charge in [-0.15, -0.1) is 0 Å². The van der Waals surface area contributed by atoms with Crippen LogP contribution >= 0.6 is 0 Å². The Balaban J connectivity index is 1.52. The Hall–Kier alpha value is -3.54. The first-order chi connectivity index (χ1) is 15.0. The van der Waals surface area contributed by atoms with E-state index in [1.54, 1.807) is 12.1 Å². The highest BCUT2D eigenvalue weighted by Gasteiger charge is 2.12. The van der Waals surface area contributed by atoms with Gasteiger partial charge in [-0.2, -0.15) is 5.10 Å². The van der Waals surface area contributed by atoms with E-state index in [1.807, 2.05) is 41.5 Å². The Morgan fingerprint density at radius 1 is 1.16 bits per heavy atom. The molecule has 0 spiro atoms. The third-order valence-corrected chi connectivity index (χ3v) is 5.28. The van der Waals surface area contributed by atoms with Crippen LogP contribution in [0.15, 0.2) is 61.1 Å². The van der Waals surface area contributed by atoms with Crippen molar-refractivity contribution in [3.8, 4) is 16.9 Å². The maximum absolute atomic E-state index is 12.8. The summed E-state index contributed by atoms with van der Waals surface area (Å²) in [5.74, 6) is 0.628. The highest BCUT2D eigenvalue weighted by molar-refractivity contribution is 6.09. The number of ether oxygens (including phenoxy) is 1. The second-order valence-corrected chi connectivity index (χ2v) is 7.95. The molecule has 1 amide bonds. The van der Waals surface area contributed by atoms with Gasteiger partial charge < -0.3 is 15.0 Å². The zero-order chi connectivity index (χ0) is 21.8. The summed E-state index contributed by atoms with van der Waals surface area (Å²) in [7, 11) is 0. The number of hydrogen-bond donors (Lipinski definition) is 2. The summed E-state index contributed by atoms with van der Waals surface area (Å²) in [6, 6.07) is 13.7. The van der Waals surface area contributed by atoms with Gasteiger partial charge in [0, 0.05) is 40.5 Å². The number of carbonyl (C=O) groups is 1. The number of rotatable bonds is 8. The molecule has 0 bridgehead atoms. The van der Waals surface area contributed by atoms with Crippen molar-refractivity contribution in [3.63, 3.8) is 0 Å². The molecule has 0 radical (unpaired) electrons. The molecule has 160 valence electrons. The summed E-state index contributed by atoms with van der Waals surface area (Å²) in [4.78, 5) is 16.0. The number of fused-ring (bicyclic) bond motifs is 1. The number of H-pyrrole nitrogens is 1. The number of aromatic amines is 1. The van der Waals surface area contributed by atoms with Gasteiger partial charge in [0.25, 0.3) is 5.91 Å². The summed E-state index contributed by atoms with van der Waals surface area (Å²) in [5, 5.41) is 8.41. The van der Waals surface area contributed by atoms with Gasteiger partial charge in [-0.3, -0.25) is 9.48 Å². The molecule has 2 aromatic carbocycles. The fourth-order valence-corrected chi connectivity index (χ4v) is 3.40. The monoisotopic (exact) mass is 416 g/mol. The number of amides is 1. The lowest BCUT2D eigenvalue weighted by Gasteiger charge is -2.07. The van der Waals surface area contributed by atoms with Crippen LogP contribution in [0.2, 0.25) is 0 Å². The zero-order valence-electron chi connectivity index (χ0n) is 18.2. The number of carbonyl (C=O) groups excluding carboxylic acids is 1. The van der Waals surface area contributed by atoms with Crippen molar-refractivity contribution in [2.45, 2.75) is 39.7 Å². The SMILES string of the molecule is CCCCOc1ccc(C(=O)Nc2c[nH]c3ccc(-c4cnn(C(C)C)c4)cc23)cc1. The summed E-state index contributed by atoms with van der Waals surface area (Å²) < 4.78 is 7.61. The fraction of sp³-hybridized carbons (Fsp3) is 0.280. The number of nitrogens with zero attached hydrogens (tertiary/aromatic N) is 2. The molecule has 4 aromatic rings. The Morgan fingerprint density at radius 3 is 2.68 bits per heavy atom. The van der Waals surface area contributed by atoms with E-state index in [-0.39, 0.29) is 5.91 Å². The second kappa shape index (κ2) is 9.08. The number of hydrogen-bond acceptors (Lipinski definition) is 3. The molecule has 31 heavy (non-hydrogen) atoms. The molecule has 6 heteroatoms. The van der Waals surface area contributed by atoms with Crippen molar-refractivity contribution in [1.82, 2.24) is 14.8 Å². The molecule has 4 rings (SSSR count). The third kappa shape index (κ3) is 4.63. The molecule has 0 aliphatic carbocycles. The van der Waals surface area contributed by atoms with Crippen molar-refractivity contribution >= 4 is 22.5 Å². The highest BCUT2D eigenvalue weighted by atomic mass is 16.5. The minimum atomic E-state index is -0.154. The minimum Gasteiger partial charge on any atom is -0.494 e. The molecule has 0 fully saturated rings.